The molecule has 4 heterocycles. The zero-order valence-electron chi connectivity index (χ0n) is 61.9. The van der Waals surface area contributed by atoms with E-state index in [1.54, 1.807) is 6.20 Å². The van der Waals surface area contributed by atoms with Crippen molar-refractivity contribution in [2.45, 2.75) is 124 Å². The summed E-state index contributed by atoms with van der Waals surface area (Å²) in [4.78, 5) is 19.7. The van der Waals surface area contributed by atoms with E-state index < -0.39 is 8.07 Å². The van der Waals surface area contributed by atoms with Gasteiger partial charge in [0, 0.05) is 91.1 Å². The predicted molar refractivity (Wildman–Crippen MR) is 422 cm³/mol. The van der Waals surface area contributed by atoms with E-state index in [1.807, 2.05) is 73.4 Å². The van der Waals surface area contributed by atoms with Crippen LogP contribution < -0.4 is 5.19 Å². The fraction of sp³-hybridized carbons (Fsp3) is 0.231. The van der Waals surface area contributed by atoms with Crippen molar-refractivity contribution < 1.29 is 56.7 Å². The Morgan fingerprint density at radius 1 is 0.379 bits per heavy atom. The molecule has 0 aliphatic heterocycles. The van der Waals surface area contributed by atoms with E-state index in [2.05, 4.69) is 275 Å². The number of aryl methyl sites for hydroxylation is 2. The molecule has 12 heteroatoms. The molecule has 10 aromatic carbocycles. The van der Waals surface area contributed by atoms with Crippen LogP contribution in [-0.4, -0.2) is 47.4 Å². The van der Waals surface area contributed by atoms with Crippen molar-refractivity contribution in [1.82, 2.24) is 29.1 Å². The average molecular weight is 1740 g/mol. The van der Waals surface area contributed by atoms with Gasteiger partial charge in [-0.3, -0.25) is 9.97 Å². The molecular weight excluding hydrogens is 1650 g/mol. The topological polar surface area (TPSA) is 102 Å². The van der Waals surface area contributed by atoms with Gasteiger partial charge in [-0.2, -0.15) is 0 Å². The number of aromatic hydroxyl groups is 2. The van der Waals surface area contributed by atoms with Crippen molar-refractivity contribution in [3.8, 4) is 112 Å². The molecule has 4 aromatic heterocycles. The van der Waals surface area contributed by atoms with Crippen LogP contribution in [0.4, 0.5) is 4.39 Å². The van der Waals surface area contributed by atoms with Crippen LogP contribution in [0.15, 0.2) is 219 Å². The monoisotopic (exact) mass is 1730 g/mol. The van der Waals surface area contributed by atoms with E-state index in [0.29, 0.717) is 33.7 Å². The van der Waals surface area contributed by atoms with Gasteiger partial charge in [0.05, 0.1) is 47.1 Å². The summed E-state index contributed by atoms with van der Waals surface area (Å²) in [5, 5.41) is 27.3. The first-order valence-electron chi connectivity index (χ1n) is 34.8. The van der Waals surface area contributed by atoms with Gasteiger partial charge in [0.15, 0.2) is 0 Å². The van der Waals surface area contributed by atoms with Crippen LogP contribution >= 0.6 is 0 Å². The van der Waals surface area contributed by atoms with E-state index in [9.17, 15) is 10.2 Å². The Hall–Kier alpha value is -9.18. The van der Waals surface area contributed by atoms with Crippen LogP contribution in [-0.2, 0) is 77.9 Å². The van der Waals surface area contributed by atoms with Crippen LogP contribution in [0.5, 0.6) is 11.5 Å². The maximum atomic E-state index is 15.5. The van der Waals surface area contributed by atoms with E-state index >= 15 is 4.39 Å². The minimum absolute atomic E-state index is 0. The molecule has 0 bridgehead atoms. The molecule has 103 heavy (non-hydrogen) atoms. The zero-order chi connectivity index (χ0) is 71.8. The molecule has 14 aromatic rings. The van der Waals surface area contributed by atoms with Gasteiger partial charge in [-0.15, -0.1) is 35.4 Å². The molecule has 0 spiro atoms. The standard InChI is InChI=1S/C48H49FN3OSi.C43H40N3O.2Pt/c1-47(2,3)36-28-40(45(53)41(29-36)48(4,5)6)46-51-44-39(12-11-13-43(44)52(46)7)34-24-35(26-37(49)25-34)42-27-33(22-23-50-42)32-16-14-30(15-17-32)31-18-20-38(21-19-31)54(8,9)10;1-42(2,3)33-25-35(40(47)36(26-33)43(4,5)6)41-45-39-34(15-12-17-38(39)46(41)7)31-22-30(23-32(24-31)37-16-10-11-20-44-37)29-19-18-27-13-8-9-14-28(27)21-29;;/h11-23,25-29,53H,1-10H3;8-23,25-26,47H,1-7H3;;/q2*-1;;. The van der Waals surface area contributed by atoms with Crippen molar-refractivity contribution in [1.29, 1.82) is 0 Å². The van der Waals surface area contributed by atoms with Crippen LogP contribution in [0.2, 0.25) is 19.6 Å². The van der Waals surface area contributed by atoms with E-state index in [4.69, 9.17) is 9.97 Å². The summed E-state index contributed by atoms with van der Waals surface area (Å²) < 4.78 is 19.6. The van der Waals surface area contributed by atoms with Gasteiger partial charge in [-0.25, -0.2) is 14.4 Å². The second-order valence-corrected chi connectivity index (χ2v) is 37.2. The fourth-order valence-corrected chi connectivity index (χ4v) is 14.6. The summed E-state index contributed by atoms with van der Waals surface area (Å²) in [7, 11) is 2.63. The largest absolute Gasteiger partial charge is 0.507 e. The third-order valence-corrected chi connectivity index (χ3v) is 21.6. The van der Waals surface area contributed by atoms with Gasteiger partial charge in [-0.1, -0.05) is 287 Å². The molecule has 0 saturated heterocycles. The number of aromatic nitrogens is 6. The van der Waals surface area contributed by atoms with Gasteiger partial charge < -0.3 is 19.3 Å². The molecule has 2 N–H and O–H groups in total. The molecule has 528 valence electrons. The number of benzene rings is 10. The zero-order valence-corrected chi connectivity index (χ0v) is 67.4. The van der Waals surface area contributed by atoms with E-state index in [1.165, 1.54) is 39.2 Å². The second kappa shape index (κ2) is 28.8. The quantitative estimate of drug-likeness (QED) is 0.104. The first kappa shape index (κ1) is 75.0. The molecule has 0 amide bonds. The fourth-order valence-electron chi connectivity index (χ4n) is 13.5. The molecule has 0 saturated carbocycles. The van der Waals surface area contributed by atoms with Gasteiger partial charge in [0.1, 0.15) is 23.1 Å². The number of imidazole rings is 2. The van der Waals surface area contributed by atoms with Crippen LogP contribution in [0, 0.1) is 17.9 Å². The number of hydrogen-bond acceptors (Lipinski definition) is 6. The number of nitrogens with zero attached hydrogens (tertiary/aromatic N) is 6. The summed E-state index contributed by atoms with van der Waals surface area (Å²) in [6, 6.07) is 77.6. The Bertz CT molecular complexity index is 5490. The van der Waals surface area contributed by atoms with Gasteiger partial charge in [-0.05, 0) is 114 Å². The Balaban J connectivity index is 0.000000204. The number of phenols is 2. The molecule has 8 nitrogen and oxygen atoms in total. The summed E-state index contributed by atoms with van der Waals surface area (Å²) in [5.74, 6) is 1.51. The minimum atomic E-state index is -1.36. The van der Waals surface area contributed by atoms with Crippen molar-refractivity contribution in [3.63, 3.8) is 0 Å². The van der Waals surface area contributed by atoms with Crippen molar-refractivity contribution in [2.24, 2.45) is 14.1 Å². The normalized spacial score (nSPS) is 12.1. The smallest absolute Gasteiger partial charge is 0.143 e. The number of halogens is 1. The Kier molecular flexibility index (Phi) is 21.0. The molecule has 0 aliphatic rings. The first-order chi connectivity index (χ1) is 47.8. The third-order valence-electron chi connectivity index (χ3n) is 19.5. The molecular formula is C91H89FN6O2Pt2Si-2. The number of hydrogen-bond donors (Lipinski definition) is 2. The molecule has 0 atom stereocenters. The number of fused-ring (bicyclic) bond motifs is 3. The van der Waals surface area contributed by atoms with Gasteiger partial charge >= 0.3 is 0 Å². The first-order valence-corrected chi connectivity index (χ1v) is 38.3. The van der Waals surface area contributed by atoms with Gasteiger partial charge in [0.25, 0.3) is 0 Å². The summed E-state index contributed by atoms with van der Waals surface area (Å²) in [5.41, 5.74) is 21.0. The number of para-hydroxylation sites is 2. The Morgan fingerprint density at radius 2 is 0.816 bits per heavy atom. The third kappa shape index (κ3) is 15.4. The van der Waals surface area contributed by atoms with Crippen LogP contribution in [0.3, 0.4) is 0 Å². The van der Waals surface area contributed by atoms with Gasteiger partial charge in [0.2, 0.25) is 0 Å². The average Bonchev–Trinajstić information content (AvgIpc) is 1.66. The molecule has 0 fully saturated rings. The second-order valence-electron chi connectivity index (χ2n) is 32.1. The molecule has 0 radical (unpaired) electrons. The maximum Gasteiger partial charge on any atom is 0.143 e. The summed E-state index contributed by atoms with van der Waals surface area (Å²) in [6.45, 7) is 33.0. The summed E-state index contributed by atoms with van der Waals surface area (Å²) >= 11 is 0. The van der Waals surface area contributed by atoms with Crippen LogP contribution in [0.25, 0.3) is 134 Å². The van der Waals surface area contributed by atoms with Crippen molar-refractivity contribution in [3.05, 3.63) is 259 Å². The SMILES string of the molecule is Cn1c(-c2cc(C(C)(C)C)cc(C(C)(C)C)c2O)nc2c(-c3[c-]c(-c4cc(-c5ccc(-c6ccc([Si](C)(C)C)cc6)cc5)ccn4)cc(F)c3)cccc21.Cn1c(-c2cc(C(C)(C)C)cc(C(C)(C)C)c2O)nc2c(-c3[c-]c(-c4ccccn4)cc(-c4ccc5ccccc5c4)c3)cccc21.[Pt].[Pt]. The molecule has 0 aliphatic carbocycles. The maximum absolute atomic E-state index is 15.5. The number of pyridine rings is 2. The van der Waals surface area contributed by atoms with Crippen molar-refractivity contribution >= 4 is 46.1 Å². The van der Waals surface area contributed by atoms with E-state index in [0.717, 1.165) is 100 Å². The minimum Gasteiger partial charge on any atom is -0.507 e. The summed E-state index contributed by atoms with van der Waals surface area (Å²) in [6.07, 6.45) is 3.59. The predicted octanol–water partition coefficient (Wildman–Crippen LogP) is 23.0. The number of rotatable bonds is 10. The van der Waals surface area contributed by atoms with E-state index in [-0.39, 0.29) is 81.1 Å². The Labute approximate surface area is 636 Å². The molecule has 14 rings (SSSR count). The Morgan fingerprint density at radius 3 is 1.31 bits per heavy atom. The molecule has 0 unspecified atom stereocenters. The van der Waals surface area contributed by atoms with Crippen LogP contribution in [0.1, 0.15) is 105 Å². The number of phenolic OH excluding ortho intramolecular Hbond substituents is 2. The van der Waals surface area contributed by atoms with Crippen molar-refractivity contribution in [2.75, 3.05) is 0 Å².